The van der Waals surface area contributed by atoms with Gasteiger partial charge in [-0.1, -0.05) is 12.1 Å². The third kappa shape index (κ3) is 5.71. The van der Waals surface area contributed by atoms with Gasteiger partial charge in [0.25, 0.3) is 0 Å². The Morgan fingerprint density at radius 2 is 2.00 bits per heavy atom. The zero-order valence-corrected chi connectivity index (χ0v) is 12.5. The van der Waals surface area contributed by atoms with Crippen LogP contribution in [0.4, 0.5) is 0 Å². The van der Waals surface area contributed by atoms with Gasteiger partial charge in [-0.3, -0.25) is 0 Å². The van der Waals surface area contributed by atoms with Crippen molar-refractivity contribution in [2.45, 2.75) is 26.8 Å². The van der Waals surface area contributed by atoms with Gasteiger partial charge in [0.2, 0.25) is 0 Å². The number of hydrogen-bond acceptors (Lipinski definition) is 3. The molecule has 0 radical (unpaired) electrons. The van der Waals surface area contributed by atoms with Crippen LogP contribution >= 0.6 is 12.4 Å². The minimum atomic E-state index is 0. The molecule has 0 bridgehead atoms. The highest BCUT2D eigenvalue weighted by atomic mass is 35.5. The summed E-state index contributed by atoms with van der Waals surface area (Å²) in [5.41, 5.74) is 2.49. The second-order valence-corrected chi connectivity index (χ2v) is 4.36. The van der Waals surface area contributed by atoms with Crippen LogP contribution in [0.3, 0.4) is 0 Å². The largest absolute Gasteiger partial charge is 0.492 e. The molecular formula is C14H24ClNO2. The Bertz CT molecular complexity index is 345. The molecule has 0 aliphatic rings. The summed E-state index contributed by atoms with van der Waals surface area (Å²) < 4.78 is 10.8. The third-order valence-electron chi connectivity index (χ3n) is 2.84. The molecule has 3 nitrogen and oxygen atoms in total. The lowest BCUT2D eigenvalue weighted by Crippen LogP contribution is -2.34. The number of halogens is 1. The summed E-state index contributed by atoms with van der Waals surface area (Å²) in [5, 5.41) is 3.34. The summed E-state index contributed by atoms with van der Waals surface area (Å²) in [5.74, 6) is 0.977. The maximum atomic E-state index is 5.81. The molecule has 1 N–H and O–H groups in total. The molecule has 0 amide bonds. The predicted octanol–water partition coefficient (Wildman–Crippen LogP) is 2.73. The number of benzene rings is 1. The minimum absolute atomic E-state index is 0. The van der Waals surface area contributed by atoms with E-state index < -0.39 is 0 Å². The van der Waals surface area contributed by atoms with Crippen molar-refractivity contribution in [2.24, 2.45) is 0 Å². The van der Waals surface area contributed by atoms with Crippen molar-refractivity contribution in [2.75, 3.05) is 26.9 Å². The number of hydrogen-bond donors (Lipinski definition) is 1. The molecule has 0 fully saturated rings. The standard InChI is InChI=1S/C14H23NO2.ClH/c1-11-6-5-7-14(13(11)3)17-10-12(2)15-8-9-16-4;/h5-7,12,15H,8-10H2,1-4H3;1H/t12-;/m1./s1. The van der Waals surface area contributed by atoms with Crippen LogP contribution in [0, 0.1) is 13.8 Å². The molecule has 0 saturated heterocycles. The number of methoxy groups -OCH3 is 1. The van der Waals surface area contributed by atoms with Gasteiger partial charge in [-0.15, -0.1) is 12.4 Å². The molecule has 0 unspecified atom stereocenters. The highest BCUT2D eigenvalue weighted by Gasteiger charge is 2.05. The second kappa shape index (κ2) is 9.20. The maximum absolute atomic E-state index is 5.81. The first-order valence-electron chi connectivity index (χ1n) is 6.06. The molecule has 1 rings (SSSR count). The van der Waals surface area contributed by atoms with Crippen LogP contribution in [-0.4, -0.2) is 32.9 Å². The Balaban J connectivity index is 0.00000289. The van der Waals surface area contributed by atoms with Crippen LogP contribution in [0.1, 0.15) is 18.1 Å². The van der Waals surface area contributed by atoms with Gasteiger partial charge >= 0.3 is 0 Å². The highest BCUT2D eigenvalue weighted by Crippen LogP contribution is 2.20. The van der Waals surface area contributed by atoms with E-state index in [4.69, 9.17) is 9.47 Å². The topological polar surface area (TPSA) is 30.5 Å². The summed E-state index contributed by atoms with van der Waals surface area (Å²) in [6.45, 7) is 8.56. The molecule has 1 atom stereocenters. The summed E-state index contributed by atoms with van der Waals surface area (Å²) in [7, 11) is 1.71. The van der Waals surface area contributed by atoms with Gasteiger partial charge in [0.05, 0.1) is 6.61 Å². The Kier molecular flexibility index (Phi) is 8.81. The summed E-state index contributed by atoms with van der Waals surface area (Å²) in [4.78, 5) is 0. The summed E-state index contributed by atoms with van der Waals surface area (Å²) >= 11 is 0. The van der Waals surface area contributed by atoms with Crippen LogP contribution in [0.2, 0.25) is 0 Å². The molecule has 18 heavy (non-hydrogen) atoms. The van der Waals surface area contributed by atoms with E-state index in [1.165, 1.54) is 11.1 Å². The molecule has 0 spiro atoms. The van der Waals surface area contributed by atoms with E-state index in [1.807, 2.05) is 12.1 Å². The number of nitrogens with one attached hydrogen (secondary N) is 1. The summed E-state index contributed by atoms with van der Waals surface area (Å²) in [6.07, 6.45) is 0. The van der Waals surface area contributed by atoms with Crippen molar-refractivity contribution in [3.8, 4) is 5.75 Å². The lowest BCUT2D eigenvalue weighted by Gasteiger charge is -2.16. The smallest absolute Gasteiger partial charge is 0.122 e. The zero-order valence-electron chi connectivity index (χ0n) is 11.7. The molecule has 0 saturated carbocycles. The van der Waals surface area contributed by atoms with Gasteiger partial charge in [-0.2, -0.15) is 0 Å². The first-order chi connectivity index (χ1) is 8.15. The lowest BCUT2D eigenvalue weighted by molar-refractivity contribution is 0.189. The lowest BCUT2D eigenvalue weighted by atomic mass is 10.1. The molecule has 4 heteroatoms. The monoisotopic (exact) mass is 273 g/mol. The molecule has 1 aromatic carbocycles. The Morgan fingerprint density at radius 1 is 1.28 bits per heavy atom. The average Bonchev–Trinajstić information content (AvgIpc) is 2.31. The van der Waals surface area contributed by atoms with Gasteiger partial charge in [0.15, 0.2) is 0 Å². The Hall–Kier alpha value is -0.770. The van der Waals surface area contributed by atoms with Crippen LogP contribution in [0.5, 0.6) is 5.75 Å². The van der Waals surface area contributed by atoms with Gasteiger partial charge in [-0.25, -0.2) is 0 Å². The fourth-order valence-electron chi connectivity index (χ4n) is 1.56. The van der Waals surface area contributed by atoms with Crippen molar-refractivity contribution in [3.05, 3.63) is 29.3 Å². The normalized spacial score (nSPS) is 11.8. The quantitative estimate of drug-likeness (QED) is 0.775. The SMILES string of the molecule is COCCN[C@H](C)COc1cccc(C)c1C.Cl. The van der Waals surface area contributed by atoms with Crippen molar-refractivity contribution in [3.63, 3.8) is 0 Å². The van der Waals surface area contributed by atoms with Crippen molar-refractivity contribution < 1.29 is 9.47 Å². The number of rotatable bonds is 7. The van der Waals surface area contributed by atoms with E-state index in [-0.39, 0.29) is 12.4 Å². The van der Waals surface area contributed by atoms with Crippen LogP contribution in [-0.2, 0) is 4.74 Å². The van der Waals surface area contributed by atoms with Crippen LogP contribution < -0.4 is 10.1 Å². The minimum Gasteiger partial charge on any atom is -0.492 e. The van der Waals surface area contributed by atoms with Gasteiger partial charge in [0.1, 0.15) is 12.4 Å². The maximum Gasteiger partial charge on any atom is 0.122 e. The Morgan fingerprint density at radius 3 is 2.67 bits per heavy atom. The molecular weight excluding hydrogens is 250 g/mol. The van der Waals surface area contributed by atoms with E-state index in [2.05, 4.69) is 32.2 Å². The zero-order chi connectivity index (χ0) is 12.7. The van der Waals surface area contributed by atoms with E-state index >= 15 is 0 Å². The molecule has 1 aromatic rings. The van der Waals surface area contributed by atoms with Crippen LogP contribution in [0.25, 0.3) is 0 Å². The number of aryl methyl sites for hydroxylation is 1. The van der Waals surface area contributed by atoms with Gasteiger partial charge < -0.3 is 14.8 Å². The molecule has 0 aliphatic carbocycles. The average molecular weight is 274 g/mol. The third-order valence-corrected chi connectivity index (χ3v) is 2.84. The first kappa shape index (κ1) is 17.2. The van der Waals surface area contributed by atoms with E-state index in [9.17, 15) is 0 Å². The van der Waals surface area contributed by atoms with E-state index in [0.29, 0.717) is 12.6 Å². The fraction of sp³-hybridized carbons (Fsp3) is 0.571. The van der Waals surface area contributed by atoms with E-state index in [0.717, 1.165) is 18.9 Å². The van der Waals surface area contributed by atoms with E-state index in [1.54, 1.807) is 7.11 Å². The highest BCUT2D eigenvalue weighted by molar-refractivity contribution is 5.85. The summed E-state index contributed by atoms with van der Waals surface area (Å²) in [6, 6.07) is 6.47. The van der Waals surface area contributed by atoms with Gasteiger partial charge in [-0.05, 0) is 38.0 Å². The van der Waals surface area contributed by atoms with Crippen molar-refractivity contribution in [1.82, 2.24) is 5.32 Å². The molecule has 0 heterocycles. The van der Waals surface area contributed by atoms with Crippen molar-refractivity contribution >= 4 is 12.4 Å². The first-order valence-corrected chi connectivity index (χ1v) is 6.06. The Labute approximate surface area is 116 Å². The molecule has 104 valence electrons. The molecule has 0 aromatic heterocycles. The fourth-order valence-corrected chi connectivity index (χ4v) is 1.56. The van der Waals surface area contributed by atoms with Crippen molar-refractivity contribution in [1.29, 1.82) is 0 Å². The molecule has 0 aliphatic heterocycles. The predicted molar refractivity (Wildman–Crippen MR) is 78.0 cm³/mol. The van der Waals surface area contributed by atoms with Gasteiger partial charge in [0, 0.05) is 19.7 Å². The second-order valence-electron chi connectivity index (χ2n) is 4.36. The van der Waals surface area contributed by atoms with Crippen LogP contribution in [0.15, 0.2) is 18.2 Å². The number of ether oxygens (including phenoxy) is 2.